The van der Waals surface area contributed by atoms with Gasteiger partial charge in [0.15, 0.2) is 0 Å². The molecule has 0 aliphatic heterocycles. The molecule has 1 atom stereocenters. The van der Waals surface area contributed by atoms with Crippen LogP contribution in [0.15, 0.2) is 42.5 Å². The van der Waals surface area contributed by atoms with Gasteiger partial charge in [-0.15, -0.1) is 0 Å². The molecule has 2 rings (SSSR count). The normalized spacial score (nSPS) is 14.3. The minimum absolute atomic E-state index is 0.927. The van der Waals surface area contributed by atoms with E-state index in [9.17, 15) is 5.11 Å². The fourth-order valence-corrected chi connectivity index (χ4v) is 2.57. The maximum atomic E-state index is 10.9. The summed E-state index contributed by atoms with van der Waals surface area (Å²) in [7, 11) is 0. The number of halogens is 1. The van der Waals surface area contributed by atoms with Crippen molar-refractivity contribution in [1.82, 2.24) is 0 Å². The van der Waals surface area contributed by atoms with E-state index in [-0.39, 0.29) is 0 Å². The van der Waals surface area contributed by atoms with Crippen LogP contribution in [0.4, 0.5) is 0 Å². The summed E-state index contributed by atoms with van der Waals surface area (Å²) in [5.41, 5.74) is 3.32. The van der Waals surface area contributed by atoms with Crippen LogP contribution < -0.4 is 0 Å². The summed E-state index contributed by atoms with van der Waals surface area (Å²) in [5.74, 6) is 0. The highest BCUT2D eigenvalue weighted by Crippen LogP contribution is 2.32. The Morgan fingerprint density at radius 3 is 2.22 bits per heavy atom. The first-order chi connectivity index (χ1) is 8.43. The number of aliphatic hydroxyl groups is 1. The van der Waals surface area contributed by atoms with Gasteiger partial charge < -0.3 is 5.11 Å². The zero-order chi connectivity index (χ0) is 13.3. The molecule has 1 N–H and O–H groups in total. The van der Waals surface area contributed by atoms with Crippen LogP contribution in [0, 0.1) is 17.4 Å². The quantitative estimate of drug-likeness (QED) is 0.805. The van der Waals surface area contributed by atoms with Crippen molar-refractivity contribution in [2.45, 2.75) is 26.4 Å². The van der Waals surface area contributed by atoms with E-state index in [0.29, 0.717) is 0 Å². The number of rotatable bonds is 2. The third kappa shape index (κ3) is 2.45. The van der Waals surface area contributed by atoms with Crippen molar-refractivity contribution in [3.8, 4) is 0 Å². The van der Waals surface area contributed by atoms with Gasteiger partial charge in [-0.3, -0.25) is 0 Å². The molecule has 2 aromatic carbocycles. The molecule has 0 aliphatic carbocycles. The second-order valence-electron chi connectivity index (χ2n) is 4.83. The van der Waals surface area contributed by atoms with Crippen LogP contribution in [0.1, 0.15) is 29.2 Å². The van der Waals surface area contributed by atoms with Crippen molar-refractivity contribution in [3.63, 3.8) is 0 Å². The second kappa shape index (κ2) is 5.02. The molecule has 0 saturated heterocycles. The topological polar surface area (TPSA) is 20.2 Å². The molecule has 0 amide bonds. The van der Waals surface area contributed by atoms with E-state index >= 15 is 0 Å². The van der Waals surface area contributed by atoms with E-state index in [1.807, 2.05) is 43.3 Å². The van der Waals surface area contributed by atoms with Crippen molar-refractivity contribution < 1.29 is 5.11 Å². The maximum Gasteiger partial charge on any atom is 0.112 e. The van der Waals surface area contributed by atoms with E-state index in [0.717, 1.165) is 16.7 Å². The Bertz CT molecular complexity index is 556. The van der Waals surface area contributed by atoms with Crippen LogP contribution in [-0.4, -0.2) is 5.11 Å². The highest BCUT2D eigenvalue weighted by atomic mass is 127. The van der Waals surface area contributed by atoms with Crippen LogP contribution in [0.5, 0.6) is 0 Å². The largest absolute Gasteiger partial charge is 0.381 e. The Hall–Kier alpha value is -0.870. The fraction of sp³-hybridized carbons (Fsp3) is 0.250. The number of aryl methyl sites for hydroxylation is 1. The average Bonchev–Trinajstić information content (AvgIpc) is 2.33. The Balaban J connectivity index is 2.54. The van der Waals surface area contributed by atoms with Crippen molar-refractivity contribution in [2.75, 3.05) is 0 Å². The lowest BCUT2D eigenvalue weighted by atomic mass is 9.84. The summed E-state index contributed by atoms with van der Waals surface area (Å²) in [6.07, 6.45) is 0. The molecule has 0 heterocycles. The zero-order valence-electron chi connectivity index (χ0n) is 10.9. The van der Waals surface area contributed by atoms with Gasteiger partial charge in [-0.05, 0) is 77.7 Å². The molecule has 0 spiro atoms. The number of hydrogen-bond donors (Lipinski definition) is 1. The van der Waals surface area contributed by atoms with Crippen LogP contribution >= 0.6 is 22.6 Å². The molecule has 2 aromatic rings. The lowest BCUT2D eigenvalue weighted by molar-refractivity contribution is 0.101. The Kier molecular flexibility index (Phi) is 3.78. The summed E-state index contributed by atoms with van der Waals surface area (Å²) in [5, 5.41) is 10.9. The summed E-state index contributed by atoms with van der Waals surface area (Å²) in [6.45, 7) is 5.99. The molecule has 1 nitrogen and oxygen atoms in total. The van der Waals surface area contributed by atoms with Gasteiger partial charge in [-0.2, -0.15) is 0 Å². The van der Waals surface area contributed by atoms with Crippen molar-refractivity contribution in [3.05, 3.63) is 68.3 Å². The SMILES string of the molecule is Cc1cccc(C(C)(O)c2ccc(I)cc2)c1C. The Morgan fingerprint density at radius 1 is 1.00 bits per heavy atom. The van der Waals surface area contributed by atoms with Gasteiger partial charge >= 0.3 is 0 Å². The van der Waals surface area contributed by atoms with Crippen LogP contribution in [0.3, 0.4) is 0 Å². The van der Waals surface area contributed by atoms with Gasteiger partial charge in [0, 0.05) is 3.57 Å². The second-order valence-corrected chi connectivity index (χ2v) is 6.07. The van der Waals surface area contributed by atoms with Crippen molar-refractivity contribution >= 4 is 22.6 Å². The van der Waals surface area contributed by atoms with E-state index in [4.69, 9.17) is 0 Å². The first-order valence-electron chi connectivity index (χ1n) is 5.98. The summed E-state index contributed by atoms with van der Waals surface area (Å²) in [4.78, 5) is 0. The van der Waals surface area contributed by atoms with Gasteiger partial charge in [0.1, 0.15) is 5.60 Å². The monoisotopic (exact) mass is 352 g/mol. The Labute approximate surface area is 122 Å². The summed E-state index contributed by atoms with van der Waals surface area (Å²) < 4.78 is 1.17. The molecule has 0 aliphatic rings. The fourth-order valence-electron chi connectivity index (χ4n) is 2.21. The van der Waals surface area contributed by atoms with Gasteiger partial charge in [-0.25, -0.2) is 0 Å². The van der Waals surface area contributed by atoms with Crippen molar-refractivity contribution in [1.29, 1.82) is 0 Å². The lowest BCUT2D eigenvalue weighted by Crippen LogP contribution is -2.24. The Morgan fingerprint density at radius 2 is 1.61 bits per heavy atom. The molecule has 0 aromatic heterocycles. The predicted octanol–water partition coefficient (Wildman–Crippen LogP) is 4.16. The van der Waals surface area contributed by atoms with Crippen LogP contribution in [0.25, 0.3) is 0 Å². The van der Waals surface area contributed by atoms with Crippen LogP contribution in [-0.2, 0) is 5.60 Å². The van der Waals surface area contributed by atoms with E-state index in [2.05, 4.69) is 42.5 Å². The average molecular weight is 352 g/mol. The molecule has 94 valence electrons. The molecule has 0 fully saturated rings. The lowest BCUT2D eigenvalue weighted by Gasteiger charge is -2.27. The van der Waals surface area contributed by atoms with Gasteiger partial charge in [0.05, 0.1) is 0 Å². The molecule has 0 radical (unpaired) electrons. The third-order valence-corrected chi connectivity index (χ3v) is 4.25. The van der Waals surface area contributed by atoms with E-state index in [1.54, 1.807) is 0 Å². The van der Waals surface area contributed by atoms with Crippen molar-refractivity contribution in [2.24, 2.45) is 0 Å². The first kappa shape index (κ1) is 13.6. The molecular formula is C16H17IO. The zero-order valence-corrected chi connectivity index (χ0v) is 13.0. The van der Waals surface area contributed by atoms with Gasteiger partial charge in [0.2, 0.25) is 0 Å². The number of hydrogen-bond acceptors (Lipinski definition) is 1. The maximum absolute atomic E-state index is 10.9. The summed E-state index contributed by atoms with van der Waals surface area (Å²) in [6, 6.07) is 14.1. The molecular weight excluding hydrogens is 335 g/mol. The highest BCUT2D eigenvalue weighted by molar-refractivity contribution is 14.1. The van der Waals surface area contributed by atoms with Gasteiger partial charge in [-0.1, -0.05) is 30.3 Å². The smallest absolute Gasteiger partial charge is 0.112 e. The number of benzene rings is 2. The molecule has 0 saturated carbocycles. The molecule has 2 heteroatoms. The predicted molar refractivity (Wildman–Crippen MR) is 83.7 cm³/mol. The minimum atomic E-state index is -0.944. The van der Waals surface area contributed by atoms with Gasteiger partial charge in [0.25, 0.3) is 0 Å². The summed E-state index contributed by atoms with van der Waals surface area (Å²) >= 11 is 2.27. The third-order valence-electron chi connectivity index (χ3n) is 3.54. The first-order valence-corrected chi connectivity index (χ1v) is 7.06. The molecule has 0 bridgehead atoms. The standard InChI is InChI=1S/C16H17IO/c1-11-5-4-6-15(12(11)2)16(3,18)13-7-9-14(17)10-8-13/h4-10,18H,1-3H3. The molecule has 18 heavy (non-hydrogen) atoms. The van der Waals surface area contributed by atoms with E-state index in [1.165, 1.54) is 9.13 Å². The van der Waals surface area contributed by atoms with Crippen LogP contribution in [0.2, 0.25) is 0 Å². The minimum Gasteiger partial charge on any atom is -0.381 e. The molecule has 1 unspecified atom stereocenters. The van der Waals surface area contributed by atoms with E-state index < -0.39 is 5.60 Å². The highest BCUT2D eigenvalue weighted by Gasteiger charge is 2.27.